The van der Waals surface area contributed by atoms with Crippen LogP contribution in [0.15, 0.2) is 75.4 Å². The predicted octanol–water partition coefficient (Wildman–Crippen LogP) is 4.72. The molecule has 1 amide bonds. The van der Waals surface area contributed by atoms with Crippen LogP contribution in [-0.2, 0) is 4.79 Å². The summed E-state index contributed by atoms with van der Waals surface area (Å²) >= 11 is 1.43. The lowest BCUT2D eigenvalue weighted by molar-refractivity contribution is -0.134. The molecular formula is C29H34N4O3S. The zero-order valence-corrected chi connectivity index (χ0v) is 22.9. The Morgan fingerprint density at radius 2 is 1.57 bits per heavy atom. The first kappa shape index (κ1) is 25.4. The van der Waals surface area contributed by atoms with E-state index in [1.54, 1.807) is 13.3 Å². The Kier molecular flexibility index (Phi) is 6.56. The lowest BCUT2D eigenvalue weighted by Crippen LogP contribution is -2.50. The van der Waals surface area contributed by atoms with Crippen molar-refractivity contribution in [1.29, 1.82) is 0 Å². The van der Waals surface area contributed by atoms with Crippen molar-refractivity contribution in [2.45, 2.75) is 37.5 Å². The van der Waals surface area contributed by atoms with Gasteiger partial charge in [-0.1, -0.05) is 57.7 Å². The highest BCUT2D eigenvalue weighted by atomic mass is 32.2. The monoisotopic (exact) mass is 518 g/mol. The van der Waals surface area contributed by atoms with Crippen molar-refractivity contribution in [3.8, 4) is 11.4 Å². The average molecular weight is 519 g/mol. The molecule has 1 aliphatic carbocycles. The lowest BCUT2D eigenvalue weighted by Gasteiger charge is -2.37. The molecule has 0 spiro atoms. The number of amides is 1. The van der Waals surface area contributed by atoms with Gasteiger partial charge in [0.2, 0.25) is 5.91 Å². The van der Waals surface area contributed by atoms with Crippen LogP contribution in [0.2, 0.25) is 0 Å². The lowest BCUT2D eigenvalue weighted by atomic mass is 10.0. The Morgan fingerprint density at radius 3 is 2.14 bits per heavy atom. The van der Waals surface area contributed by atoms with E-state index < -0.39 is 0 Å². The van der Waals surface area contributed by atoms with E-state index in [1.807, 2.05) is 59.5 Å². The summed E-state index contributed by atoms with van der Waals surface area (Å²) in [5.41, 5.74) is 1.41. The minimum atomic E-state index is -0.162. The second-order valence-corrected chi connectivity index (χ2v) is 12.0. The number of nitrogens with zero attached hydrogens (tertiary/aromatic N) is 4. The quantitative estimate of drug-likeness (QED) is 0.470. The highest BCUT2D eigenvalue weighted by Crippen LogP contribution is 2.68. The molecule has 2 heterocycles. The number of ether oxygens (including phenoxy) is 1. The molecule has 2 fully saturated rings. The van der Waals surface area contributed by atoms with Gasteiger partial charge < -0.3 is 14.5 Å². The maximum absolute atomic E-state index is 13.7. The fourth-order valence-electron chi connectivity index (χ4n) is 5.43. The van der Waals surface area contributed by atoms with Crippen LogP contribution < -0.4 is 15.2 Å². The molecule has 7 nitrogen and oxygen atoms in total. The third kappa shape index (κ3) is 4.52. The third-order valence-electron chi connectivity index (χ3n) is 8.39. The van der Waals surface area contributed by atoms with Crippen molar-refractivity contribution in [2.24, 2.45) is 16.7 Å². The van der Waals surface area contributed by atoms with Crippen molar-refractivity contribution >= 4 is 23.4 Å². The number of hydrogen-bond acceptors (Lipinski definition) is 6. The Hall–Kier alpha value is -3.26. The normalized spacial score (nSPS) is 18.5. The molecule has 2 aliphatic rings. The van der Waals surface area contributed by atoms with Crippen LogP contribution in [0.4, 0.5) is 5.69 Å². The van der Waals surface area contributed by atoms with Crippen molar-refractivity contribution in [3.63, 3.8) is 0 Å². The molecule has 3 aromatic rings. The van der Waals surface area contributed by atoms with Crippen LogP contribution in [0, 0.1) is 16.7 Å². The van der Waals surface area contributed by atoms with Gasteiger partial charge in [0.1, 0.15) is 10.6 Å². The smallest absolute Gasteiger partial charge is 0.287 e. The maximum atomic E-state index is 13.7. The molecule has 2 aromatic carbocycles. The second kappa shape index (κ2) is 9.56. The van der Waals surface area contributed by atoms with E-state index in [9.17, 15) is 9.59 Å². The third-order valence-corrected chi connectivity index (χ3v) is 9.49. The highest BCUT2D eigenvalue weighted by Gasteiger charge is 2.68. The molecular weight excluding hydrogens is 484 g/mol. The summed E-state index contributed by atoms with van der Waals surface area (Å²) in [6.07, 6.45) is 1.78. The largest absolute Gasteiger partial charge is 0.497 e. The molecule has 1 saturated carbocycles. The Bertz CT molecular complexity index is 1330. The van der Waals surface area contributed by atoms with Gasteiger partial charge in [-0.25, -0.2) is 0 Å². The van der Waals surface area contributed by atoms with E-state index in [0.29, 0.717) is 31.1 Å². The van der Waals surface area contributed by atoms with Crippen molar-refractivity contribution in [1.82, 2.24) is 14.7 Å². The second-order valence-electron chi connectivity index (χ2n) is 10.9. The number of piperazine rings is 1. The van der Waals surface area contributed by atoms with Gasteiger partial charge in [-0.05, 0) is 47.2 Å². The molecule has 0 N–H and O–H groups in total. The molecule has 0 bridgehead atoms. The molecule has 1 aromatic heterocycles. The maximum Gasteiger partial charge on any atom is 0.287 e. The van der Waals surface area contributed by atoms with Gasteiger partial charge in [0.25, 0.3) is 5.56 Å². The zero-order chi connectivity index (χ0) is 26.4. The molecule has 194 valence electrons. The number of rotatable bonds is 6. The van der Waals surface area contributed by atoms with Crippen LogP contribution in [0.1, 0.15) is 27.7 Å². The highest BCUT2D eigenvalue weighted by molar-refractivity contribution is 7.99. The van der Waals surface area contributed by atoms with E-state index in [1.165, 1.54) is 16.4 Å². The number of hydrogen-bond donors (Lipinski definition) is 0. The number of para-hydroxylation sites is 1. The molecule has 5 rings (SSSR count). The van der Waals surface area contributed by atoms with E-state index >= 15 is 0 Å². The summed E-state index contributed by atoms with van der Waals surface area (Å²) in [6.45, 7) is 11.3. The first-order valence-electron chi connectivity index (χ1n) is 12.7. The predicted molar refractivity (Wildman–Crippen MR) is 147 cm³/mol. The van der Waals surface area contributed by atoms with Crippen LogP contribution in [0.5, 0.6) is 5.75 Å². The van der Waals surface area contributed by atoms with Gasteiger partial charge in [-0.15, -0.1) is 0 Å². The minimum Gasteiger partial charge on any atom is -0.497 e. The summed E-state index contributed by atoms with van der Waals surface area (Å²) in [7, 11) is 1.64. The average Bonchev–Trinajstić information content (AvgIpc) is 3.33. The van der Waals surface area contributed by atoms with E-state index in [2.05, 4.69) is 37.7 Å². The van der Waals surface area contributed by atoms with E-state index in [-0.39, 0.29) is 28.2 Å². The van der Waals surface area contributed by atoms with Gasteiger partial charge in [0, 0.05) is 37.0 Å². The number of carbonyl (C=O) groups is 1. The van der Waals surface area contributed by atoms with Crippen LogP contribution in [0.3, 0.4) is 0 Å². The number of benzene rings is 2. The van der Waals surface area contributed by atoms with Crippen LogP contribution in [0.25, 0.3) is 5.69 Å². The standard InChI is InChI=1S/C29H34N4O3S/c1-28(2)25(29(28,3)4)27(35)32-17-15-31(16-18-32)23-19-30-33(20-9-7-6-8-10-20)26(34)24(23)37-22-13-11-21(36-5)12-14-22/h6-14,19,25H,15-18H2,1-5H3. The summed E-state index contributed by atoms with van der Waals surface area (Å²) < 4.78 is 6.74. The zero-order valence-electron chi connectivity index (χ0n) is 22.1. The number of anilines is 1. The van der Waals surface area contributed by atoms with Gasteiger partial charge >= 0.3 is 0 Å². The van der Waals surface area contributed by atoms with Gasteiger partial charge in [-0.2, -0.15) is 9.78 Å². The van der Waals surface area contributed by atoms with Crippen LogP contribution >= 0.6 is 11.8 Å². The van der Waals surface area contributed by atoms with Crippen molar-refractivity contribution in [3.05, 3.63) is 71.1 Å². The topological polar surface area (TPSA) is 67.7 Å². The molecule has 0 radical (unpaired) electrons. The number of carbonyl (C=O) groups excluding carboxylic acids is 1. The molecule has 1 saturated heterocycles. The van der Waals surface area contributed by atoms with Gasteiger partial charge in [0.15, 0.2) is 0 Å². The molecule has 0 unspecified atom stereocenters. The molecule has 1 aliphatic heterocycles. The van der Waals surface area contributed by atoms with Gasteiger partial charge in [-0.3, -0.25) is 9.59 Å². The summed E-state index contributed by atoms with van der Waals surface area (Å²) in [6, 6.07) is 17.2. The molecule has 8 heteroatoms. The Labute approximate surface area is 222 Å². The Balaban J connectivity index is 1.42. The SMILES string of the molecule is COc1ccc(Sc2c(N3CCN(C(=O)C4C(C)(C)C4(C)C)CC3)cnn(-c3ccccc3)c2=O)cc1. The first-order chi connectivity index (χ1) is 17.6. The summed E-state index contributed by atoms with van der Waals surface area (Å²) in [5.74, 6) is 1.08. The number of methoxy groups -OCH3 is 1. The fourth-order valence-corrected chi connectivity index (χ4v) is 6.40. The van der Waals surface area contributed by atoms with Gasteiger partial charge in [0.05, 0.1) is 24.7 Å². The molecule has 0 atom stereocenters. The number of aromatic nitrogens is 2. The van der Waals surface area contributed by atoms with E-state index in [4.69, 9.17) is 4.74 Å². The fraction of sp³-hybridized carbons (Fsp3) is 0.414. The van der Waals surface area contributed by atoms with Crippen molar-refractivity contribution in [2.75, 3.05) is 38.2 Å². The Morgan fingerprint density at radius 1 is 0.946 bits per heavy atom. The van der Waals surface area contributed by atoms with Crippen LogP contribution in [-0.4, -0.2) is 53.9 Å². The molecule has 37 heavy (non-hydrogen) atoms. The minimum absolute atomic E-state index is 0.0231. The first-order valence-corrected chi connectivity index (χ1v) is 13.5. The summed E-state index contributed by atoms with van der Waals surface area (Å²) in [5, 5.41) is 4.53. The summed E-state index contributed by atoms with van der Waals surface area (Å²) in [4.78, 5) is 32.8. The van der Waals surface area contributed by atoms with E-state index in [0.717, 1.165) is 22.0 Å². The van der Waals surface area contributed by atoms with Crippen molar-refractivity contribution < 1.29 is 9.53 Å².